The van der Waals surface area contributed by atoms with E-state index in [0.29, 0.717) is 23.9 Å². The van der Waals surface area contributed by atoms with Crippen LogP contribution in [0.2, 0.25) is 0 Å². The van der Waals surface area contributed by atoms with Crippen molar-refractivity contribution in [3.05, 3.63) is 72.9 Å². The van der Waals surface area contributed by atoms with Crippen molar-refractivity contribution in [2.75, 3.05) is 47.5 Å². The van der Waals surface area contributed by atoms with Crippen LogP contribution in [0.25, 0.3) is 0 Å². The fourth-order valence-electron chi connectivity index (χ4n) is 11.7. The van der Waals surface area contributed by atoms with Gasteiger partial charge in [0.2, 0.25) is 0 Å². The summed E-state index contributed by atoms with van der Waals surface area (Å²) in [4.78, 5) is 36.0. The van der Waals surface area contributed by atoms with E-state index in [4.69, 9.17) is 18.5 Å². The molecule has 0 aromatic carbocycles. The van der Waals surface area contributed by atoms with Crippen LogP contribution in [0, 0.1) is 0 Å². The third-order valence-corrected chi connectivity index (χ3v) is 18.7. The number of carbonyl (C=O) groups is 2. The number of hydrogen-bond donors (Lipinski definition) is 1. The average Bonchev–Trinajstić information content (AvgIpc) is 2.23. The molecule has 10 heteroatoms. The molecular weight excluding hydrogens is 1160 g/mol. The third-order valence-electron chi connectivity index (χ3n) is 17.8. The van der Waals surface area contributed by atoms with Crippen LogP contribution in [0.15, 0.2) is 72.9 Å². The van der Waals surface area contributed by atoms with Gasteiger partial charge in [-0.1, -0.05) is 382 Å². The van der Waals surface area contributed by atoms with Gasteiger partial charge in [0.15, 0.2) is 6.10 Å². The second-order valence-corrected chi connectivity index (χ2v) is 29.5. The van der Waals surface area contributed by atoms with Gasteiger partial charge in [-0.15, -0.1) is 0 Å². The smallest absolute Gasteiger partial charge is 0.462 e. The van der Waals surface area contributed by atoms with Gasteiger partial charge in [0.1, 0.15) is 19.8 Å². The molecule has 0 aromatic rings. The van der Waals surface area contributed by atoms with Gasteiger partial charge in [-0.25, -0.2) is 4.57 Å². The zero-order valence-electron chi connectivity index (χ0n) is 61.5. The Morgan fingerprint density at radius 3 is 0.924 bits per heavy atom. The number of allylic oxidation sites excluding steroid dienone is 12. The molecule has 538 valence electrons. The first-order valence-corrected chi connectivity index (χ1v) is 41.2. The number of quaternary nitrogens is 1. The van der Waals surface area contributed by atoms with E-state index >= 15 is 0 Å². The first-order valence-electron chi connectivity index (χ1n) is 39.7. The van der Waals surface area contributed by atoms with Gasteiger partial charge < -0.3 is 18.9 Å². The molecule has 0 amide bonds. The number of likely N-dealkylation sites (N-methyl/N-ethyl adjacent to an activating group) is 1. The van der Waals surface area contributed by atoms with Crippen molar-refractivity contribution < 1.29 is 42.1 Å². The minimum atomic E-state index is -4.39. The number of unbranched alkanes of at least 4 members (excludes halogenated alkanes) is 48. The zero-order chi connectivity index (χ0) is 66.9. The Balaban J connectivity index is 3.91. The molecule has 0 aromatic heterocycles. The molecular formula is C82H153NO8P+. The zero-order valence-corrected chi connectivity index (χ0v) is 62.4. The summed E-state index contributed by atoms with van der Waals surface area (Å²) in [6.45, 7) is 4.39. The molecule has 0 aliphatic carbocycles. The minimum Gasteiger partial charge on any atom is -0.462 e. The average molecular weight is 1310 g/mol. The van der Waals surface area contributed by atoms with E-state index in [1.807, 2.05) is 21.1 Å². The van der Waals surface area contributed by atoms with Crippen LogP contribution >= 0.6 is 7.82 Å². The fourth-order valence-corrected chi connectivity index (χ4v) is 12.5. The number of esters is 2. The van der Waals surface area contributed by atoms with Crippen LogP contribution in [-0.4, -0.2) is 74.9 Å². The number of rotatable bonds is 74. The maximum Gasteiger partial charge on any atom is 0.472 e. The molecule has 0 heterocycles. The highest BCUT2D eigenvalue weighted by Gasteiger charge is 2.27. The third kappa shape index (κ3) is 76.5. The van der Waals surface area contributed by atoms with Gasteiger partial charge in [0.05, 0.1) is 27.7 Å². The summed E-state index contributed by atoms with van der Waals surface area (Å²) in [6.07, 6.45) is 99.1. The van der Waals surface area contributed by atoms with Gasteiger partial charge in [-0.3, -0.25) is 18.6 Å². The maximum atomic E-state index is 12.9. The Hall–Kier alpha value is -2.55. The Labute approximate surface area is 571 Å². The Morgan fingerprint density at radius 2 is 0.620 bits per heavy atom. The van der Waals surface area contributed by atoms with E-state index in [2.05, 4.69) is 86.8 Å². The summed E-state index contributed by atoms with van der Waals surface area (Å²) in [5, 5.41) is 0. The Kier molecular flexibility index (Phi) is 70.7. The first kappa shape index (κ1) is 89.5. The maximum absolute atomic E-state index is 12.9. The number of carbonyl (C=O) groups excluding carboxylic acids is 2. The van der Waals surface area contributed by atoms with Crippen LogP contribution in [0.4, 0.5) is 0 Å². The molecule has 0 saturated heterocycles. The van der Waals surface area contributed by atoms with Crippen molar-refractivity contribution in [1.82, 2.24) is 0 Å². The van der Waals surface area contributed by atoms with Gasteiger partial charge in [0.25, 0.3) is 0 Å². The molecule has 2 atom stereocenters. The van der Waals surface area contributed by atoms with Gasteiger partial charge in [0, 0.05) is 12.8 Å². The molecule has 0 spiro atoms. The molecule has 0 radical (unpaired) electrons. The van der Waals surface area contributed by atoms with E-state index in [1.54, 1.807) is 0 Å². The lowest BCUT2D eigenvalue weighted by Crippen LogP contribution is -2.37. The van der Waals surface area contributed by atoms with E-state index < -0.39 is 26.5 Å². The lowest BCUT2D eigenvalue weighted by atomic mass is 10.0. The molecule has 0 bridgehead atoms. The van der Waals surface area contributed by atoms with E-state index in [0.717, 1.165) is 70.6 Å². The van der Waals surface area contributed by atoms with Crippen molar-refractivity contribution in [2.24, 2.45) is 0 Å². The standard InChI is InChI=1S/C82H152NO8P/c1-6-8-10-12-14-16-18-20-22-24-26-28-30-32-34-35-36-37-38-39-40-41-42-43-44-45-46-47-49-51-53-55-57-59-61-63-65-67-69-71-73-75-82(85)91-80(79-90-92(86,87)89-77-76-83(3,4)5)78-88-81(84)74-72-70-68-66-64-62-60-58-56-54-52-50-48-33-31-29-27-25-23-21-19-17-15-13-11-9-7-2/h8,10,14,16,20,22,26,28,32,34,36-37,80H,6-7,9,11-13,15,17-19,21,23-25,27,29-31,33,35,38-79H2,1-5H3/p+1/b10-8-,16-14-,22-20-,28-26-,34-32-,37-36-. The van der Waals surface area contributed by atoms with Crippen LogP contribution in [0.3, 0.4) is 0 Å². The first-order chi connectivity index (χ1) is 45.0. The molecule has 2 unspecified atom stereocenters. The SMILES string of the molecule is CC/C=C\C/C=C\C/C=C\C/C=C\C/C=C\C/C=C\CCCCCCCCCCCCCCCCCCCCCCCCC(=O)OC(COC(=O)CCCCCCCCCCCCCCCCCCCCCCCCCCCCC)COP(=O)(O)OCC[N+](C)(C)C. The molecule has 0 rings (SSSR count). The topological polar surface area (TPSA) is 108 Å². The van der Waals surface area contributed by atoms with Crippen LogP contribution in [0.5, 0.6) is 0 Å². The highest BCUT2D eigenvalue weighted by atomic mass is 31.2. The summed E-state index contributed by atoms with van der Waals surface area (Å²) in [7, 11) is 1.50. The summed E-state index contributed by atoms with van der Waals surface area (Å²) < 4.78 is 34.8. The van der Waals surface area contributed by atoms with Crippen molar-refractivity contribution in [3.8, 4) is 0 Å². The van der Waals surface area contributed by atoms with Gasteiger partial charge in [-0.05, 0) is 64.2 Å². The predicted octanol–water partition coefficient (Wildman–Crippen LogP) is 26.3. The highest BCUT2D eigenvalue weighted by molar-refractivity contribution is 7.47. The normalized spacial score (nSPS) is 13.4. The molecule has 9 nitrogen and oxygen atoms in total. The summed E-state index contributed by atoms with van der Waals surface area (Å²) in [5.74, 6) is -0.774. The summed E-state index contributed by atoms with van der Waals surface area (Å²) in [5.41, 5.74) is 0. The van der Waals surface area contributed by atoms with Gasteiger partial charge >= 0.3 is 19.8 Å². The molecule has 0 fully saturated rings. The van der Waals surface area contributed by atoms with E-state index in [-0.39, 0.29) is 25.6 Å². The number of hydrogen-bond acceptors (Lipinski definition) is 7. The lowest BCUT2D eigenvalue weighted by molar-refractivity contribution is -0.870. The molecule has 1 N–H and O–H groups in total. The molecule has 0 aliphatic rings. The van der Waals surface area contributed by atoms with Crippen molar-refractivity contribution in [1.29, 1.82) is 0 Å². The molecule has 0 aliphatic heterocycles. The van der Waals surface area contributed by atoms with Crippen LogP contribution in [0.1, 0.15) is 386 Å². The second-order valence-electron chi connectivity index (χ2n) is 28.1. The number of nitrogens with zero attached hydrogens (tertiary/aromatic N) is 1. The minimum absolute atomic E-state index is 0.0341. The second kappa shape index (κ2) is 72.7. The Morgan fingerprint density at radius 1 is 0.348 bits per heavy atom. The molecule has 92 heavy (non-hydrogen) atoms. The van der Waals surface area contributed by atoms with Gasteiger partial charge in [-0.2, -0.15) is 0 Å². The van der Waals surface area contributed by atoms with Crippen LogP contribution < -0.4 is 0 Å². The van der Waals surface area contributed by atoms with E-state index in [9.17, 15) is 19.0 Å². The Bertz CT molecular complexity index is 1780. The number of phosphoric ester groups is 1. The quantitative estimate of drug-likeness (QED) is 0.0211. The summed E-state index contributed by atoms with van der Waals surface area (Å²) >= 11 is 0. The van der Waals surface area contributed by atoms with Crippen molar-refractivity contribution in [2.45, 2.75) is 392 Å². The van der Waals surface area contributed by atoms with Crippen molar-refractivity contribution in [3.63, 3.8) is 0 Å². The number of ether oxygens (including phenoxy) is 2. The lowest BCUT2D eigenvalue weighted by Gasteiger charge is -2.24. The van der Waals surface area contributed by atoms with Crippen LogP contribution in [-0.2, 0) is 32.7 Å². The molecule has 0 saturated carbocycles. The van der Waals surface area contributed by atoms with E-state index in [1.165, 1.54) is 283 Å². The monoisotopic (exact) mass is 1310 g/mol. The predicted molar refractivity (Wildman–Crippen MR) is 399 cm³/mol. The van der Waals surface area contributed by atoms with Crippen molar-refractivity contribution >= 4 is 19.8 Å². The fraction of sp³-hybridized carbons (Fsp3) is 0.829. The number of phosphoric acid groups is 1. The summed E-state index contributed by atoms with van der Waals surface area (Å²) in [6, 6.07) is 0. The largest absolute Gasteiger partial charge is 0.472 e. The highest BCUT2D eigenvalue weighted by Crippen LogP contribution is 2.43.